The summed E-state index contributed by atoms with van der Waals surface area (Å²) in [7, 11) is 1.49. The first kappa shape index (κ1) is 15.8. The molecule has 0 aromatic carbocycles. The molecule has 1 unspecified atom stereocenters. The first-order chi connectivity index (χ1) is 9.44. The first-order valence-corrected chi connectivity index (χ1v) is 8.05. The maximum absolute atomic E-state index is 12.2. The minimum Gasteiger partial charge on any atom is -0.468 e. The molecule has 2 fully saturated rings. The van der Waals surface area contributed by atoms with Gasteiger partial charge in [-0.05, 0) is 51.5 Å². The fourth-order valence-electron chi connectivity index (χ4n) is 2.73. The van der Waals surface area contributed by atoms with Crippen LogP contribution in [-0.2, 0) is 9.53 Å². The fraction of sp³-hybridized carbons (Fsp3) is 0.938. The van der Waals surface area contributed by atoms with E-state index in [9.17, 15) is 4.79 Å². The minimum atomic E-state index is -0.560. The highest BCUT2D eigenvalue weighted by molar-refractivity contribution is 5.80. The average Bonchev–Trinajstić information content (AvgIpc) is 3.25. The van der Waals surface area contributed by atoms with Gasteiger partial charge in [-0.25, -0.2) is 0 Å². The molecule has 2 saturated carbocycles. The molecule has 20 heavy (non-hydrogen) atoms. The molecule has 2 aliphatic carbocycles. The summed E-state index contributed by atoms with van der Waals surface area (Å²) in [5, 5.41) is 3.50. The normalized spacial score (nSPS) is 22.1. The summed E-state index contributed by atoms with van der Waals surface area (Å²) in [6, 6.07) is 1.18. The van der Waals surface area contributed by atoms with E-state index in [1.165, 1.54) is 39.2 Å². The molecule has 2 rings (SSSR count). The molecule has 0 heterocycles. The number of hydrogen-bond acceptors (Lipinski definition) is 4. The van der Waals surface area contributed by atoms with Gasteiger partial charge in [-0.15, -0.1) is 0 Å². The first-order valence-electron chi connectivity index (χ1n) is 8.05. The van der Waals surface area contributed by atoms with Gasteiger partial charge < -0.3 is 4.74 Å². The van der Waals surface area contributed by atoms with Gasteiger partial charge in [0.2, 0.25) is 0 Å². The summed E-state index contributed by atoms with van der Waals surface area (Å²) in [4.78, 5) is 14.7. The molecule has 0 aliphatic heterocycles. The molecular weight excluding hydrogens is 252 g/mol. The number of hydrogen-bond donors (Lipinski definition) is 1. The smallest absolute Gasteiger partial charge is 0.327 e. The lowest BCUT2D eigenvalue weighted by molar-refractivity contribution is -0.149. The Labute approximate surface area is 123 Å². The highest BCUT2D eigenvalue weighted by Gasteiger charge is 2.43. The van der Waals surface area contributed by atoms with Crippen LogP contribution in [0.3, 0.4) is 0 Å². The van der Waals surface area contributed by atoms with Crippen LogP contribution in [0.4, 0.5) is 0 Å². The van der Waals surface area contributed by atoms with E-state index in [4.69, 9.17) is 4.74 Å². The lowest BCUT2D eigenvalue weighted by atomic mass is 10.0. The van der Waals surface area contributed by atoms with Crippen molar-refractivity contribution in [3.8, 4) is 0 Å². The molecule has 1 N–H and O–H groups in total. The van der Waals surface area contributed by atoms with E-state index in [0.29, 0.717) is 18.0 Å². The van der Waals surface area contributed by atoms with Gasteiger partial charge in [0, 0.05) is 18.6 Å². The zero-order valence-corrected chi connectivity index (χ0v) is 13.4. The van der Waals surface area contributed by atoms with Crippen molar-refractivity contribution < 1.29 is 9.53 Å². The fourth-order valence-corrected chi connectivity index (χ4v) is 2.73. The van der Waals surface area contributed by atoms with Gasteiger partial charge in [-0.2, -0.15) is 0 Å². The largest absolute Gasteiger partial charge is 0.468 e. The molecule has 2 aliphatic rings. The average molecular weight is 282 g/mol. The Hall–Kier alpha value is -0.610. The summed E-state index contributed by atoms with van der Waals surface area (Å²) < 4.78 is 5.04. The Bertz CT molecular complexity index is 337. The van der Waals surface area contributed by atoms with Crippen LogP contribution in [0.1, 0.15) is 52.9 Å². The molecule has 0 aromatic heterocycles. The standard InChI is InChI=1S/C16H30N2O2/c1-12(2)9-10-18(14-7-8-14)11-16(3,15(19)20-4)17-13-5-6-13/h12-14,17H,5-11H2,1-4H3. The molecule has 0 aromatic rings. The van der Waals surface area contributed by atoms with Crippen molar-refractivity contribution in [1.29, 1.82) is 0 Å². The van der Waals surface area contributed by atoms with Crippen molar-refractivity contribution >= 4 is 5.97 Å². The third-order valence-corrected chi connectivity index (χ3v) is 4.31. The molecule has 0 saturated heterocycles. The molecule has 0 radical (unpaired) electrons. The van der Waals surface area contributed by atoms with E-state index in [-0.39, 0.29) is 5.97 Å². The van der Waals surface area contributed by atoms with Crippen molar-refractivity contribution in [3.63, 3.8) is 0 Å². The van der Waals surface area contributed by atoms with Gasteiger partial charge >= 0.3 is 5.97 Å². The van der Waals surface area contributed by atoms with Gasteiger partial charge in [0.25, 0.3) is 0 Å². The lowest BCUT2D eigenvalue weighted by Gasteiger charge is -2.35. The van der Waals surface area contributed by atoms with Crippen LogP contribution in [0.25, 0.3) is 0 Å². The third-order valence-electron chi connectivity index (χ3n) is 4.31. The Balaban J connectivity index is 1.97. The zero-order valence-electron chi connectivity index (χ0n) is 13.4. The molecule has 4 nitrogen and oxygen atoms in total. The second kappa shape index (κ2) is 6.44. The highest BCUT2D eigenvalue weighted by Crippen LogP contribution is 2.30. The zero-order chi connectivity index (χ0) is 14.8. The second-order valence-corrected chi connectivity index (χ2v) is 7.13. The van der Waals surface area contributed by atoms with E-state index >= 15 is 0 Å². The minimum absolute atomic E-state index is 0.125. The van der Waals surface area contributed by atoms with Crippen molar-refractivity contribution in [2.24, 2.45) is 5.92 Å². The molecule has 4 heteroatoms. The Morgan fingerprint density at radius 1 is 1.35 bits per heavy atom. The SMILES string of the molecule is COC(=O)C(C)(CN(CCC(C)C)C1CC1)NC1CC1. The second-order valence-electron chi connectivity index (χ2n) is 7.13. The van der Waals surface area contributed by atoms with Crippen molar-refractivity contribution in [1.82, 2.24) is 10.2 Å². The van der Waals surface area contributed by atoms with Gasteiger partial charge in [0.1, 0.15) is 5.54 Å². The predicted octanol–water partition coefficient (Wildman–Crippen LogP) is 2.18. The van der Waals surface area contributed by atoms with Crippen LogP contribution in [-0.4, -0.2) is 48.7 Å². The number of esters is 1. The number of nitrogens with zero attached hydrogens (tertiary/aromatic N) is 1. The number of nitrogens with one attached hydrogen (secondary N) is 1. The van der Waals surface area contributed by atoms with Crippen molar-refractivity contribution in [3.05, 3.63) is 0 Å². The van der Waals surface area contributed by atoms with Gasteiger partial charge in [-0.1, -0.05) is 13.8 Å². The van der Waals surface area contributed by atoms with Gasteiger partial charge in [-0.3, -0.25) is 15.0 Å². The van der Waals surface area contributed by atoms with Gasteiger partial charge in [0.15, 0.2) is 0 Å². The monoisotopic (exact) mass is 282 g/mol. The maximum Gasteiger partial charge on any atom is 0.327 e. The molecule has 0 amide bonds. The summed E-state index contributed by atoms with van der Waals surface area (Å²) in [5.74, 6) is 0.580. The maximum atomic E-state index is 12.2. The van der Waals surface area contributed by atoms with Gasteiger partial charge in [0.05, 0.1) is 7.11 Å². The van der Waals surface area contributed by atoms with Crippen LogP contribution >= 0.6 is 0 Å². The predicted molar refractivity (Wildman–Crippen MR) is 80.6 cm³/mol. The lowest BCUT2D eigenvalue weighted by Crippen LogP contribution is -2.58. The third kappa shape index (κ3) is 4.45. The van der Waals surface area contributed by atoms with E-state index in [1.54, 1.807) is 0 Å². The van der Waals surface area contributed by atoms with E-state index < -0.39 is 5.54 Å². The van der Waals surface area contributed by atoms with E-state index in [1.807, 2.05) is 6.92 Å². The summed E-state index contributed by atoms with van der Waals surface area (Å²) in [6.07, 6.45) is 6.11. The Morgan fingerprint density at radius 3 is 2.45 bits per heavy atom. The van der Waals surface area contributed by atoms with Crippen LogP contribution in [0.15, 0.2) is 0 Å². The molecule has 0 spiro atoms. The number of methoxy groups -OCH3 is 1. The topological polar surface area (TPSA) is 41.6 Å². The van der Waals surface area contributed by atoms with E-state index in [2.05, 4.69) is 24.1 Å². The highest BCUT2D eigenvalue weighted by atomic mass is 16.5. The van der Waals surface area contributed by atoms with Crippen LogP contribution in [0.2, 0.25) is 0 Å². The van der Waals surface area contributed by atoms with Crippen LogP contribution < -0.4 is 5.32 Å². The van der Waals surface area contributed by atoms with E-state index in [0.717, 1.165) is 13.1 Å². The summed E-state index contributed by atoms with van der Waals surface area (Å²) >= 11 is 0. The molecule has 0 bridgehead atoms. The molecule has 1 atom stereocenters. The van der Waals surface area contributed by atoms with Crippen molar-refractivity contribution in [2.45, 2.75) is 70.5 Å². The number of ether oxygens (including phenoxy) is 1. The molecular formula is C16H30N2O2. The number of carbonyl (C=O) groups excluding carboxylic acids is 1. The number of carbonyl (C=O) groups is 1. The summed E-state index contributed by atoms with van der Waals surface area (Å²) in [6.45, 7) is 8.37. The number of rotatable bonds is 9. The Kier molecular flexibility index (Phi) is 5.08. The van der Waals surface area contributed by atoms with Crippen molar-refractivity contribution in [2.75, 3.05) is 20.2 Å². The Morgan fingerprint density at radius 2 is 2.00 bits per heavy atom. The van der Waals surface area contributed by atoms with Crippen LogP contribution in [0.5, 0.6) is 0 Å². The van der Waals surface area contributed by atoms with Crippen LogP contribution in [0, 0.1) is 5.92 Å². The molecule has 116 valence electrons. The quantitative estimate of drug-likeness (QED) is 0.658. The summed E-state index contributed by atoms with van der Waals surface area (Å²) in [5.41, 5.74) is -0.560.